The summed E-state index contributed by atoms with van der Waals surface area (Å²) >= 11 is 1.29. The van der Waals surface area contributed by atoms with Crippen molar-refractivity contribution in [2.75, 3.05) is 30.3 Å². The number of piperidine rings is 1. The maximum Gasteiger partial charge on any atom is 0.352 e. The van der Waals surface area contributed by atoms with Gasteiger partial charge in [0.15, 0.2) is 15.8 Å². The van der Waals surface area contributed by atoms with Gasteiger partial charge < -0.3 is 21.1 Å². The second kappa shape index (κ2) is 5.53. The van der Waals surface area contributed by atoms with Gasteiger partial charge in [-0.25, -0.2) is 9.78 Å². The Morgan fingerprint density at radius 2 is 2.22 bits per heavy atom. The Morgan fingerprint density at radius 3 is 2.83 bits per heavy atom. The van der Waals surface area contributed by atoms with Crippen molar-refractivity contribution in [2.45, 2.75) is 25.8 Å². The molecule has 18 heavy (non-hydrogen) atoms. The molecule has 0 spiro atoms. The molecule has 2 rings (SSSR count). The zero-order valence-corrected chi connectivity index (χ0v) is 11.2. The van der Waals surface area contributed by atoms with E-state index in [4.69, 9.17) is 16.2 Å². The van der Waals surface area contributed by atoms with E-state index in [2.05, 4.69) is 9.88 Å². The zero-order chi connectivity index (χ0) is 13.1. The molecule has 6 nitrogen and oxygen atoms in total. The van der Waals surface area contributed by atoms with Crippen LogP contribution in [0.4, 0.5) is 10.9 Å². The minimum Gasteiger partial charge on any atom is -0.462 e. The minimum atomic E-state index is -0.396. The standard InChI is InChI=1S/C11H18N4O2S/c1-2-17-10(16)8-9(13)14-11(18-8)15-5-3-7(12)4-6-15/h7H,2-6,12-13H2,1H3. The van der Waals surface area contributed by atoms with Gasteiger partial charge in [-0.05, 0) is 19.8 Å². The van der Waals surface area contributed by atoms with E-state index in [-0.39, 0.29) is 11.9 Å². The fraction of sp³-hybridized carbons (Fsp3) is 0.636. The van der Waals surface area contributed by atoms with E-state index in [1.807, 2.05) is 0 Å². The van der Waals surface area contributed by atoms with Gasteiger partial charge in [0.25, 0.3) is 0 Å². The van der Waals surface area contributed by atoms with Crippen LogP contribution in [-0.4, -0.2) is 36.7 Å². The van der Waals surface area contributed by atoms with Gasteiger partial charge in [0.05, 0.1) is 6.61 Å². The van der Waals surface area contributed by atoms with Gasteiger partial charge >= 0.3 is 5.97 Å². The van der Waals surface area contributed by atoms with Gasteiger partial charge in [-0.2, -0.15) is 0 Å². The number of aromatic nitrogens is 1. The quantitative estimate of drug-likeness (QED) is 0.790. The van der Waals surface area contributed by atoms with Crippen molar-refractivity contribution in [1.29, 1.82) is 0 Å². The predicted octanol–water partition coefficient (Wildman–Crippen LogP) is 0.830. The first kappa shape index (κ1) is 13.1. The first-order chi connectivity index (χ1) is 8.61. The van der Waals surface area contributed by atoms with Crippen LogP contribution in [0.3, 0.4) is 0 Å². The molecule has 0 saturated carbocycles. The van der Waals surface area contributed by atoms with E-state index in [9.17, 15) is 4.79 Å². The number of hydrogen-bond acceptors (Lipinski definition) is 7. The number of nitrogens with zero attached hydrogens (tertiary/aromatic N) is 2. The molecular weight excluding hydrogens is 252 g/mol. The van der Waals surface area contributed by atoms with Crippen LogP contribution in [0.5, 0.6) is 0 Å². The molecule has 4 N–H and O–H groups in total. The molecule has 1 aromatic heterocycles. The predicted molar refractivity (Wildman–Crippen MR) is 71.9 cm³/mol. The van der Waals surface area contributed by atoms with Crippen LogP contribution in [0.2, 0.25) is 0 Å². The minimum absolute atomic E-state index is 0.253. The lowest BCUT2D eigenvalue weighted by molar-refractivity contribution is 0.0533. The molecule has 0 aromatic carbocycles. The summed E-state index contributed by atoms with van der Waals surface area (Å²) in [7, 11) is 0. The number of ether oxygens (including phenoxy) is 1. The van der Waals surface area contributed by atoms with E-state index in [0.717, 1.165) is 31.1 Å². The number of nitrogens with two attached hydrogens (primary N) is 2. The van der Waals surface area contributed by atoms with Crippen molar-refractivity contribution >= 4 is 28.3 Å². The van der Waals surface area contributed by atoms with Crippen molar-refractivity contribution in [2.24, 2.45) is 5.73 Å². The molecule has 1 fully saturated rings. The Bertz CT molecular complexity index is 427. The molecule has 0 atom stereocenters. The molecule has 1 saturated heterocycles. The van der Waals surface area contributed by atoms with E-state index >= 15 is 0 Å². The average molecular weight is 270 g/mol. The Morgan fingerprint density at radius 1 is 1.56 bits per heavy atom. The average Bonchev–Trinajstić information content (AvgIpc) is 2.72. The van der Waals surface area contributed by atoms with E-state index in [1.54, 1.807) is 6.92 Å². The molecule has 1 aliphatic rings. The van der Waals surface area contributed by atoms with Gasteiger partial charge in [-0.1, -0.05) is 11.3 Å². The highest BCUT2D eigenvalue weighted by Crippen LogP contribution is 2.30. The van der Waals surface area contributed by atoms with Gasteiger partial charge in [0.2, 0.25) is 0 Å². The number of anilines is 2. The van der Waals surface area contributed by atoms with Gasteiger partial charge in [-0.3, -0.25) is 0 Å². The normalized spacial score (nSPS) is 16.9. The molecule has 100 valence electrons. The number of rotatable bonds is 3. The van der Waals surface area contributed by atoms with Crippen LogP contribution in [-0.2, 0) is 4.74 Å². The molecular formula is C11H18N4O2S. The number of carbonyl (C=O) groups excluding carboxylic acids is 1. The van der Waals surface area contributed by atoms with Crippen molar-refractivity contribution in [1.82, 2.24) is 4.98 Å². The molecule has 2 heterocycles. The van der Waals surface area contributed by atoms with Gasteiger partial charge in [-0.15, -0.1) is 0 Å². The van der Waals surface area contributed by atoms with Gasteiger partial charge in [0.1, 0.15) is 0 Å². The fourth-order valence-electron chi connectivity index (χ4n) is 1.89. The summed E-state index contributed by atoms with van der Waals surface area (Å²) in [6.45, 7) is 3.82. The van der Waals surface area contributed by atoms with Crippen LogP contribution < -0.4 is 16.4 Å². The highest BCUT2D eigenvalue weighted by Gasteiger charge is 2.23. The molecule has 7 heteroatoms. The van der Waals surface area contributed by atoms with Crippen molar-refractivity contribution in [3.8, 4) is 0 Å². The summed E-state index contributed by atoms with van der Waals surface area (Å²) in [4.78, 5) is 18.4. The van der Waals surface area contributed by atoms with Crippen LogP contribution in [0.25, 0.3) is 0 Å². The van der Waals surface area contributed by atoms with Crippen LogP contribution in [0.15, 0.2) is 0 Å². The molecule has 0 radical (unpaired) electrons. The monoisotopic (exact) mass is 270 g/mol. The molecule has 1 aliphatic heterocycles. The Hall–Kier alpha value is -1.34. The third kappa shape index (κ3) is 2.73. The Labute approximate surface area is 110 Å². The maximum absolute atomic E-state index is 11.6. The number of nitrogen functional groups attached to an aromatic ring is 1. The molecule has 0 unspecified atom stereocenters. The van der Waals surface area contributed by atoms with Crippen molar-refractivity contribution in [3.63, 3.8) is 0 Å². The van der Waals surface area contributed by atoms with Crippen molar-refractivity contribution < 1.29 is 9.53 Å². The van der Waals surface area contributed by atoms with Crippen LogP contribution >= 0.6 is 11.3 Å². The SMILES string of the molecule is CCOC(=O)c1sc(N2CCC(N)CC2)nc1N. The Kier molecular flexibility index (Phi) is 4.03. The maximum atomic E-state index is 11.6. The largest absolute Gasteiger partial charge is 0.462 e. The lowest BCUT2D eigenvalue weighted by Crippen LogP contribution is -2.39. The first-order valence-electron chi connectivity index (χ1n) is 6.05. The van der Waals surface area contributed by atoms with E-state index in [1.165, 1.54) is 11.3 Å². The van der Waals surface area contributed by atoms with Crippen LogP contribution in [0.1, 0.15) is 29.4 Å². The van der Waals surface area contributed by atoms with Crippen molar-refractivity contribution in [3.05, 3.63) is 4.88 Å². The smallest absolute Gasteiger partial charge is 0.352 e. The van der Waals surface area contributed by atoms with Crippen LogP contribution in [0, 0.1) is 0 Å². The summed E-state index contributed by atoms with van der Waals surface area (Å²) in [5.41, 5.74) is 11.6. The third-order valence-electron chi connectivity index (χ3n) is 2.91. The molecule has 0 aliphatic carbocycles. The molecule has 0 bridgehead atoms. The highest BCUT2D eigenvalue weighted by molar-refractivity contribution is 7.18. The fourth-order valence-corrected chi connectivity index (χ4v) is 2.82. The summed E-state index contributed by atoms with van der Waals surface area (Å²) in [6, 6.07) is 0.267. The summed E-state index contributed by atoms with van der Waals surface area (Å²) < 4.78 is 4.94. The van der Waals surface area contributed by atoms with E-state index < -0.39 is 5.97 Å². The van der Waals surface area contributed by atoms with E-state index in [0.29, 0.717) is 11.5 Å². The lowest BCUT2D eigenvalue weighted by Gasteiger charge is -2.29. The third-order valence-corrected chi connectivity index (χ3v) is 4.03. The highest BCUT2D eigenvalue weighted by atomic mass is 32.1. The topological polar surface area (TPSA) is 94.5 Å². The number of hydrogen-bond donors (Lipinski definition) is 2. The van der Waals surface area contributed by atoms with Gasteiger partial charge in [0, 0.05) is 19.1 Å². The second-order valence-electron chi connectivity index (χ2n) is 4.26. The summed E-state index contributed by atoms with van der Waals surface area (Å²) in [5, 5.41) is 0.780. The molecule has 0 amide bonds. The summed E-state index contributed by atoms with van der Waals surface area (Å²) in [6.07, 6.45) is 1.88. The second-order valence-corrected chi connectivity index (χ2v) is 5.23. The molecule has 1 aromatic rings. The number of carbonyl (C=O) groups is 1. The summed E-state index contributed by atoms with van der Waals surface area (Å²) in [5.74, 6) is -0.143. The Balaban J connectivity index is 2.11. The number of esters is 1. The zero-order valence-electron chi connectivity index (χ0n) is 10.4. The lowest BCUT2D eigenvalue weighted by atomic mass is 10.1. The first-order valence-corrected chi connectivity index (χ1v) is 6.87. The number of thiazole rings is 1.